The monoisotopic (exact) mass is 391 g/mol. The van der Waals surface area contributed by atoms with Crippen LogP contribution in [0.3, 0.4) is 0 Å². The largest absolute Gasteiger partial charge is 0.431 e. The van der Waals surface area contributed by atoms with Crippen LogP contribution in [0.25, 0.3) is 0 Å². The third-order valence-corrected chi connectivity index (χ3v) is 3.89. The maximum absolute atomic E-state index is 12.6. The van der Waals surface area contributed by atoms with Crippen molar-refractivity contribution in [2.45, 2.75) is 26.2 Å². The Balaban J connectivity index is 2.32. The summed E-state index contributed by atoms with van der Waals surface area (Å²) in [6.45, 7) is 2.48. The summed E-state index contributed by atoms with van der Waals surface area (Å²) >= 11 is 6.13. The lowest BCUT2D eigenvalue weighted by molar-refractivity contribution is -0.141. The zero-order valence-electron chi connectivity index (χ0n) is 14.1. The summed E-state index contributed by atoms with van der Waals surface area (Å²) in [5.41, 5.74) is -2.31. The van der Waals surface area contributed by atoms with Crippen molar-refractivity contribution in [3.8, 4) is 0 Å². The highest BCUT2D eigenvalue weighted by atomic mass is 35.5. The fourth-order valence-corrected chi connectivity index (χ4v) is 2.54. The summed E-state index contributed by atoms with van der Waals surface area (Å²) in [5, 5.41) is 2.04. The number of aromatic amines is 1. The molecule has 0 bridgehead atoms. The van der Waals surface area contributed by atoms with Crippen LogP contribution in [0.5, 0.6) is 0 Å². The van der Waals surface area contributed by atoms with E-state index in [2.05, 4.69) is 0 Å². The van der Waals surface area contributed by atoms with Crippen LogP contribution in [-0.2, 0) is 24.1 Å². The Kier molecular flexibility index (Phi) is 6.27. The number of hydrogen-bond donors (Lipinski definition) is 1. The molecule has 142 valence electrons. The molecule has 0 aliphatic rings. The molecular weight excluding hydrogens is 375 g/mol. The van der Waals surface area contributed by atoms with Crippen LogP contribution in [0.1, 0.15) is 23.7 Å². The maximum Gasteiger partial charge on any atom is 0.431 e. The summed E-state index contributed by atoms with van der Waals surface area (Å²) in [7, 11) is 1.72. The third-order valence-electron chi connectivity index (χ3n) is 3.52. The average molecular weight is 392 g/mol. The van der Waals surface area contributed by atoms with Crippen molar-refractivity contribution in [2.24, 2.45) is 0 Å². The van der Waals surface area contributed by atoms with Crippen LogP contribution in [-0.4, -0.2) is 28.3 Å². The molecule has 0 unspecified atom stereocenters. The first-order chi connectivity index (χ1) is 12.1. The molecule has 1 N–H and O–H groups in total. The highest BCUT2D eigenvalue weighted by molar-refractivity contribution is 6.31. The highest BCUT2D eigenvalue weighted by Crippen LogP contribution is 2.25. The van der Waals surface area contributed by atoms with Crippen molar-refractivity contribution in [3.63, 3.8) is 0 Å². The van der Waals surface area contributed by atoms with Gasteiger partial charge in [0.2, 0.25) is 0 Å². The minimum absolute atomic E-state index is 0.186. The topological polar surface area (TPSA) is 67.3 Å². The maximum atomic E-state index is 12.6. The second-order valence-electron chi connectivity index (χ2n) is 5.54. The lowest BCUT2D eigenvalue weighted by Crippen LogP contribution is -2.37. The number of hydroxylamine groups is 2. The minimum atomic E-state index is -4.80. The number of benzene rings is 1. The smallest absolute Gasteiger partial charge is 0.303 e. The first-order valence-electron chi connectivity index (χ1n) is 7.64. The van der Waals surface area contributed by atoms with E-state index >= 15 is 0 Å². The van der Waals surface area contributed by atoms with Crippen LogP contribution < -0.4 is 11.2 Å². The van der Waals surface area contributed by atoms with Crippen molar-refractivity contribution >= 4 is 11.6 Å². The number of nitrogens with one attached hydrogen (secondary N) is 1. The molecule has 0 radical (unpaired) electrons. The summed E-state index contributed by atoms with van der Waals surface area (Å²) in [6.07, 6.45) is -4.80. The molecule has 0 fully saturated rings. The normalized spacial score (nSPS) is 12.0. The summed E-state index contributed by atoms with van der Waals surface area (Å²) in [4.78, 5) is 30.8. The van der Waals surface area contributed by atoms with Gasteiger partial charge in [-0.25, -0.2) is 4.79 Å². The van der Waals surface area contributed by atoms with Gasteiger partial charge >= 0.3 is 11.9 Å². The number of nitrogens with zero attached hydrogens (tertiary/aromatic N) is 2. The summed E-state index contributed by atoms with van der Waals surface area (Å²) in [5.74, 6) is 0. The van der Waals surface area contributed by atoms with Gasteiger partial charge in [0.15, 0.2) is 0 Å². The number of aromatic nitrogens is 2. The Morgan fingerprint density at radius 1 is 1.27 bits per heavy atom. The first-order valence-corrected chi connectivity index (χ1v) is 8.02. The standard InChI is InChI=1S/C16H17ClF3N3O3/c1-3-26-22(2)9-11-6-10(4-5-12(11)17)8-23-14(24)7-13(16(18,19)20)21-15(23)25/h4-7H,3,8-9H2,1-2H3,(H,21,25). The van der Waals surface area contributed by atoms with Gasteiger partial charge in [-0.15, -0.1) is 0 Å². The molecule has 1 heterocycles. The predicted octanol–water partition coefficient (Wildman–Crippen LogP) is 2.64. The van der Waals surface area contributed by atoms with Gasteiger partial charge in [0.1, 0.15) is 5.69 Å². The van der Waals surface area contributed by atoms with Crippen LogP contribution >= 0.6 is 11.6 Å². The number of alkyl halides is 3. The van der Waals surface area contributed by atoms with Gasteiger partial charge in [0.05, 0.1) is 19.7 Å². The van der Waals surface area contributed by atoms with Crippen LogP contribution in [0.4, 0.5) is 13.2 Å². The zero-order chi connectivity index (χ0) is 19.5. The molecule has 0 aliphatic carbocycles. The van der Waals surface area contributed by atoms with E-state index in [0.29, 0.717) is 39.9 Å². The van der Waals surface area contributed by atoms with Crippen molar-refractivity contribution < 1.29 is 18.0 Å². The van der Waals surface area contributed by atoms with Crippen LogP contribution in [0.2, 0.25) is 5.02 Å². The number of halogens is 4. The molecule has 0 saturated carbocycles. The van der Waals surface area contributed by atoms with Gasteiger partial charge in [-0.1, -0.05) is 23.7 Å². The van der Waals surface area contributed by atoms with Gasteiger partial charge in [-0.2, -0.15) is 18.2 Å². The Bertz CT molecular complexity index is 862. The van der Waals surface area contributed by atoms with E-state index in [9.17, 15) is 22.8 Å². The molecule has 6 nitrogen and oxygen atoms in total. The van der Waals surface area contributed by atoms with E-state index in [1.165, 1.54) is 0 Å². The lowest BCUT2D eigenvalue weighted by atomic mass is 10.1. The highest BCUT2D eigenvalue weighted by Gasteiger charge is 2.32. The van der Waals surface area contributed by atoms with Crippen LogP contribution in [0.15, 0.2) is 33.9 Å². The van der Waals surface area contributed by atoms with Crippen molar-refractivity contribution in [1.29, 1.82) is 0 Å². The second-order valence-corrected chi connectivity index (χ2v) is 5.95. The number of H-pyrrole nitrogens is 1. The zero-order valence-corrected chi connectivity index (χ0v) is 14.8. The number of rotatable bonds is 6. The summed E-state index contributed by atoms with van der Waals surface area (Å²) < 4.78 is 38.6. The molecule has 10 heteroatoms. The minimum Gasteiger partial charge on any atom is -0.303 e. The quantitative estimate of drug-likeness (QED) is 0.769. The van der Waals surface area contributed by atoms with E-state index in [0.717, 1.165) is 0 Å². The molecule has 0 saturated heterocycles. The molecule has 2 rings (SSSR count). The first kappa shape index (κ1) is 20.2. The van der Waals surface area contributed by atoms with Gasteiger partial charge in [-0.05, 0) is 24.1 Å². The predicted molar refractivity (Wildman–Crippen MR) is 90.0 cm³/mol. The van der Waals surface area contributed by atoms with E-state index < -0.39 is 23.1 Å². The molecule has 1 aromatic heterocycles. The Hall–Kier alpha value is -2.10. The van der Waals surface area contributed by atoms with Crippen molar-refractivity contribution in [1.82, 2.24) is 14.6 Å². The molecule has 0 aliphatic heterocycles. The van der Waals surface area contributed by atoms with Crippen molar-refractivity contribution in [3.05, 3.63) is 66.9 Å². The van der Waals surface area contributed by atoms with Gasteiger partial charge in [-0.3, -0.25) is 14.2 Å². The van der Waals surface area contributed by atoms with E-state index in [1.807, 2.05) is 6.92 Å². The van der Waals surface area contributed by atoms with Crippen LogP contribution in [0, 0.1) is 0 Å². The Morgan fingerprint density at radius 2 is 1.96 bits per heavy atom. The average Bonchev–Trinajstić information content (AvgIpc) is 2.53. The molecule has 0 spiro atoms. The lowest BCUT2D eigenvalue weighted by Gasteiger charge is -2.17. The SMILES string of the molecule is CCON(C)Cc1cc(Cn2c(=O)cc(C(F)(F)F)[nH]c2=O)ccc1Cl. The van der Waals surface area contributed by atoms with E-state index in [1.54, 1.807) is 35.3 Å². The summed E-state index contributed by atoms with van der Waals surface area (Å²) in [6, 6.07) is 5.22. The Labute approximate surface area is 151 Å². The molecule has 1 aromatic carbocycles. The molecule has 0 atom stereocenters. The van der Waals surface area contributed by atoms with E-state index in [-0.39, 0.29) is 6.54 Å². The third kappa shape index (κ3) is 4.96. The van der Waals surface area contributed by atoms with Gasteiger partial charge < -0.3 is 4.98 Å². The fraction of sp³-hybridized carbons (Fsp3) is 0.375. The molecular formula is C16H17ClF3N3O3. The molecule has 26 heavy (non-hydrogen) atoms. The van der Waals surface area contributed by atoms with Gasteiger partial charge in [0.25, 0.3) is 5.56 Å². The molecule has 2 aromatic rings. The number of hydrogen-bond acceptors (Lipinski definition) is 4. The van der Waals surface area contributed by atoms with Crippen molar-refractivity contribution in [2.75, 3.05) is 13.7 Å². The second kappa shape index (κ2) is 8.07. The Morgan fingerprint density at radius 3 is 2.54 bits per heavy atom. The van der Waals surface area contributed by atoms with E-state index in [4.69, 9.17) is 16.4 Å². The molecule has 0 amide bonds. The van der Waals surface area contributed by atoms with Gasteiger partial charge in [0, 0.05) is 18.1 Å². The fourth-order valence-electron chi connectivity index (χ4n) is 2.36.